The quantitative estimate of drug-likeness (QED) is 0.546. The van der Waals surface area contributed by atoms with E-state index in [9.17, 15) is 18.0 Å². The van der Waals surface area contributed by atoms with E-state index in [0.29, 0.717) is 35.2 Å². The van der Waals surface area contributed by atoms with Gasteiger partial charge in [0.25, 0.3) is 15.9 Å². The van der Waals surface area contributed by atoms with E-state index in [-0.39, 0.29) is 16.2 Å². The molecule has 10 nitrogen and oxygen atoms in total. The summed E-state index contributed by atoms with van der Waals surface area (Å²) >= 11 is 1.05. The number of ether oxygens (including phenoxy) is 3. The lowest BCUT2D eigenvalue weighted by Gasteiger charge is -2.14. The fourth-order valence-corrected chi connectivity index (χ4v) is 6.29. The zero-order valence-corrected chi connectivity index (χ0v) is 19.6. The summed E-state index contributed by atoms with van der Waals surface area (Å²) in [5.41, 5.74) is 4.85. The molecule has 0 atom stereocenters. The minimum Gasteiger partial charge on any atom is -0.493 e. The van der Waals surface area contributed by atoms with Crippen molar-refractivity contribution < 1.29 is 32.2 Å². The van der Waals surface area contributed by atoms with Gasteiger partial charge in [0.15, 0.2) is 11.5 Å². The maximum Gasteiger partial charge on any atom is 0.269 e. The molecule has 174 valence electrons. The van der Waals surface area contributed by atoms with Gasteiger partial charge in [-0.1, -0.05) is 0 Å². The molecule has 0 aliphatic carbocycles. The third-order valence-electron chi connectivity index (χ3n) is 4.87. The molecule has 2 aromatic rings. The van der Waals surface area contributed by atoms with E-state index in [1.807, 2.05) is 0 Å². The van der Waals surface area contributed by atoms with Crippen LogP contribution in [-0.4, -0.2) is 59.0 Å². The second-order valence-electron chi connectivity index (χ2n) is 6.93. The molecule has 32 heavy (non-hydrogen) atoms. The molecule has 0 unspecified atom stereocenters. The van der Waals surface area contributed by atoms with Crippen LogP contribution in [0.25, 0.3) is 0 Å². The first-order valence-electron chi connectivity index (χ1n) is 9.78. The highest BCUT2D eigenvalue weighted by Crippen LogP contribution is 2.38. The van der Waals surface area contributed by atoms with E-state index in [0.717, 1.165) is 24.2 Å². The standard InChI is InChI=1S/C20H25N3O7S2/c1-28-15-10-13(11-16(29-2)19(15)30-3)20(25)22-21-17(24)12-14-6-7-18(31-14)32(26,27)23-8-4-5-9-23/h6-7,10-11H,4-5,8-9,12H2,1-3H3,(H,21,24)(H,22,25). The van der Waals surface area contributed by atoms with Crippen molar-refractivity contribution in [3.8, 4) is 17.2 Å². The number of carbonyl (C=O) groups excluding carboxylic acids is 2. The lowest BCUT2D eigenvalue weighted by Crippen LogP contribution is -2.42. The fraction of sp³-hybridized carbons (Fsp3) is 0.400. The number of nitrogens with one attached hydrogen (secondary N) is 2. The summed E-state index contributed by atoms with van der Waals surface area (Å²) in [6.07, 6.45) is 1.63. The Morgan fingerprint density at radius 3 is 2.19 bits per heavy atom. The molecule has 2 amide bonds. The highest BCUT2D eigenvalue weighted by Gasteiger charge is 2.28. The monoisotopic (exact) mass is 483 g/mol. The number of rotatable bonds is 8. The van der Waals surface area contributed by atoms with E-state index >= 15 is 0 Å². The van der Waals surface area contributed by atoms with Gasteiger partial charge in [0.05, 0.1) is 27.8 Å². The van der Waals surface area contributed by atoms with Crippen molar-refractivity contribution in [1.29, 1.82) is 0 Å². The predicted molar refractivity (Wildman–Crippen MR) is 118 cm³/mol. The maximum absolute atomic E-state index is 12.6. The number of hydrazine groups is 1. The molecule has 12 heteroatoms. The largest absolute Gasteiger partial charge is 0.493 e. The molecule has 1 aromatic carbocycles. The molecule has 1 saturated heterocycles. The van der Waals surface area contributed by atoms with E-state index in [2.05, 4.69) is 10.9 Å². The number of amides is 2. The molecule has 0 spiro atoms. The maximum atomic E-state index is 12.6. The average Bonchev–Trinajstić information content (AvgIpc) is 3.49. The number of carbonyl (C=O) groups is 2. The molecule has 1 aliphatic heterocycles. The summed E-state index contributed by atoms with van der Waals surface area (Å²) < 4.78 is 42.5. The second kappa shape index (κ2) is 10.2. The Bertz CT molecular complexity index is 1070. The van der Waals surface area contributed by atoms with Crippen molar-refractivity contribution in [3.05, 3.63) is 34.7 Å². The van der Waals surface area contributed by atoms with Gasteiger partial charge in [-0.05, 0) is 37.1 Å². The number of sulfonamides is 1. The van der Waals surface area contributed by atoms with Gasteiger partial charge >= 0.3 is 0 Å². The summed E-state index contributed by atoms with van der Waals surface area (Å²) in [7, 11) is 0.794. The lowest BCUT2D eigenvalue weighted by atomic mass is 10.1. The average molecular weight is 484 g/mol. The summed E-state index contributed by atoms with van der Waals surface area (Å²) in [6.45, 7) is 1.03. The molecule has 2 N–H and O–H groups in total. The number of benzene rings is 1. The zero-order valence-electron chi connectivity index (χ0n) is 18.0. The smallest absolute Gasteiger partial charge is 0.269 e. The first kappa shape index (κ1) is 23.8. The second-order valence-corrected chi connectivity index (χ2v) is 10.3. The van der Waals surface area contributed by atoms with E-state index < -0.39 is 21.8 Å². The van der Waals surface area contributed by atoms with Crippen LogP contribution in [0.3, 0.4) is 0 Å². The van der Waals surface area contributed by atoms with E-state index in [1.54, 1.807) is 6.07 Å². The van der Waals surface area contributed by atoms with Crippen molar-refractivity contribution in [2.24, 2.45) is 0 Å². The van der Waals surface area contributed by atoms with Crippen LogP contribution in [-0.2, 0) is 21.2 Å². The third-order valence-corrected chi connectivity index (χ3v) is 8.32. The van der Waals surface area contributed by atoms with E-state index in [4.69, 9.17) is 14.2 Å². The number of nitrogens with zero attached hydrogens (tertiary/aromatic N) is 1. The number of thiophene rings is 1. The van der Waals surface area contributed by atoms with Gasteiger partial charge in [-0.15, -0.1) is 11.3 Å². The van der Waals surface area contributed by atoms with Gasteiger partial charge in [0, 0.05) is 23.5 Å². The Balaban J connectivity index is 1.61. The van der Waals surface area contributed by atoms with Gasteiger partial charge < -0.3 is 14.2 Å². The van der Waals surface area contributed by atoms with Crippen LogP contribution in [0.1, 0.15) is 28.1 Å². The topological polar surface area (TPSA) is 123 Å². The zero-order chi connectivity index (χ0) is 23.3. The third kappa shape index (κ3) is 5.14. The minimum atomic E-state index is -3.52. The first-order valence-corrected chi connectivity index (χ1v) is 12.0. The van der Waals surface area contributed by atoms with Crippen molar-refractivity contribution in [1.82, 2.24) is 15.2 Å². The summed E-state index contributed by atoms with van der Waals surface area (Å²) in [6, 6.07) is 6.03. The van der Waals surface area contributed by atoms with Crippen molar-refractivity contribution in [2.75, 3.05) is 34.4 Å². The van der Waals surface area contributed by atoms with Crippen LogP contribution in [0.15, 0.2) is 28.5 Å². The van der Waals surface area contributed by atoms with Crippen molar-refractivity contribution in [3.63, 3.8) is 0 Å². The Kier molecular flexibility index (Phi) is 7.59. The summed E-state index contributed by atoms with van der Waals surface area (Å²) in [5.74, 6) is -0.130. The van der Waals surface area contributed by atoms with Crippen LogP contribution < -0.4 is 25.1 Å². The van der Waals surface area contributed by atoms with Crippen LogP contribution in [0, 0.1) is 0 Å². The number of methoxy groups -OCH3 is 3. The Morgan fingerprint density at radius 1 is 1.00 bits per heavy atom. The SMILES string of the molecule is COc1cc(C(=O)NNC(=O)Cc2ccc(S(=O)(=O)N3CCCC3)s2)cc(OC)c1OC. The Morgan fingerprint density at radius 2 is 1.62 bits per heavy atom. The lowest BCUT2D eigenvalue weighted by molar-refractivity contribution is -0.121. The van der Waals surface area contributed by atoms with E-state index in [1.165, 1.54) is 43.8 Å². The minimum absolute atomic E-state index is 0.0737. The Labute approximate surface area is 190 Å². The molecule has 1 fully saturated rings. The molecule has 0 bridgehead atoms. The Hall–Kier alpha value is -2.83. The number of hydrogen-bond donors (Lipinski definition) is 2. The highest BCUT2D eigenvalue weighted by molar-refractivity contribution is 7.91. The van der Waals surface area contributed by atoms with Crippen LogP contribution in [0.5, 0.6) is 17.2 Å². The normalized spacial score (nSPS) is 14.1. The van der Waals surface area contributed by atoms with Crippen LogP contribution >= 0.6 is 11.3 Å². The summed E-state index contributed by atoms with van der Waals surface area (Å²) in [4.78, 5) is 25.3. The van der Waals surface area contributed by atoms with Gasteiger partial charge in [-0.2, -0.15) is 4.31 Å². The molecule has 0 saturated carbocycles. The molecular weight excluding hydrogens is 458 g/mol. The summed E-state index contributed by atoms with van der Waals surface area (Å²) in [5, 5.41) is 0. The van der Waals surface area contributed by atoms with Crippen molar-refractivity contribution in [2.45, 2.75) is 23.5 Å². The van der Waals surface area contributed by atoms with Crippen LogP contribution in [0.2, 0.25) is 0 Å². The predicted octanol–water partition coefficient (Wildman–Crippen LogP) is 1.56. The van der Waals surface area contributed by atoms with Gasteiger partial charge in [0.1, 0.15) is 4.21 Å². The molecule has 0 radical (unpaired) electrons. The fourth-order valence-electron chi connectivity index (χ4n) is 3.26. The van der Waals surface area contributed by atoms with Gasteiger partial charge in [0.2, 0.25) is 11.7 Å². The molecular formula is C20H25N3O7S2. The van der Waals surface area contributed by atoms with Gasteiger partial charge in [-0.25, -0.2) is 8.42 Å². The van der Waals surface area contributed by atoms with Gasteiger partial charge in [-0.3, -0.25) is 20.4 Å². The molecule has 1 aromatic heterocycles. The first-order chi connectivity index (χ1) is 15.3. The van der Waals surface area contributed by atoms with Crippen molar-refractivity contribution >= 4 is 33.2 Å². The molecule has 3 rings (SSSR count). The number of hydrogen-bond acceptors (Lipinski definition) is 8. The van der Waals surface area contributed by atoms with Crippen LogP contribution in [0.4, 0.5) is 0 Å². The molecule has 2 heterocycles. The highest BCUT2D eigenvalue weighted by atomic mass is 32.2. The molecule has 1 aliphatic rings.